The fourth-order valence-corrected chi connectivity index (χ4v) is 4.15. The molecule has 2 atom stereocenters. The molecule has 0 saturated carbocycles. The standard InChI is InChI=1S/C23H26F4N2O2.CH3Cl/c1-5-21(3,18-12-17(24)8-9-19(18)31-4)13-22(30,23(25,26)27)14-29-10-6-7-16-11-15(2)28-20(16)29;1-2/h6-12,30H,5,13-14H2,1-4H3;1H3/p+1. The molecule has 2 unspecified atom stereocenters. The fraction of sp³-hybridized carbons (Fsp3) is 0.458. The number of nitrogens with one attached hydrogen (secondary N) is 1. The Kier molecular flexibility index (Phi) is 8.41. The fourth-order valence-electron chi connectivity index (χ4n) is 4.15. The van der Waals surface area contributed by atoms with Gasteiger partial charge < -0.3 is 9.84 Å². The van der Waals surface area contributed by atoms with Gasteiger partial charge in [0.15, 0.2) is 5.60 Å². The lowest BCUT2D eigenvalue weighted by atomic mass is 9.71. The zero-order chi connectivity index (χ0) is 25.0. The molecule has 1 aromatic carbocycles. The highest BCUT2D eigenvalue weighted by Gasteiger charge is 2.58. The number of hydrogen-bond donors (Lipinski definition) is 2. The lowest BCUT2D eigenvalue weighted by Crippen LogP contribution is -2.59. The number of aliphatic hydroxyl groups is 1. The Morgan fingerprint density at radius 1 is 1.15 bits per heavy atom. The largest absolute Gasteiger partial charge is 0.496 e. The predicted molar refractivity (Wildman–Crippen MR) is 121 cm³/mol. The number of H-pyrrole nitrogens is 1. The first-order chi connectivity index (χ1) is 15.4. The second kappa shape index (κ2) is 10.3. The summed E-state index contributed by atoms with van der Waals surface area (Å²) in [6, 6.07) is 9.02. The van der Waals surface area contributed by atoms with Crippen molar-refractivity contribution in [2.24, 2.45) is 0 Å². The van der Waals surface area contributed by atoms with Crippen molar-refractivity contribution >= 4 is 22.6 Å². The van der Waals surface area contributed by atoms with Crippen LogP contribution in [0.5, 0.6) is 5.75 Å². The lowest BCUT2D eigenvalue weighted by molar-refractivity contribution is -0.694. The second-order valence-corrected chi connectivity index (χ2v) is 8.36. The monoisotopic (exact) mass is 489 g/mol. The number of benzene rings is 1. The molecular weight excluding hydrogens is 460 g/mol. The van der Waals surface area contributed by atoms with Crippen LogP contribution in [0.2, 0.25) is 0 Å². The summed E-state index contributed by atoms with van der Waals surface area (Å²) < 4.78 is 63.4. The Balaban J connectivity index is 0.00000187. The Bertz CT molecular complexity index is 1090. The Morgan fingerprint density at radius 3 is 2.39 bits per heavy atom. The topological polar surface area (TPSA) is 49.1 Å². The highest BCUT2D eigenvalue weighted by molar-refractivity contribution is 6.15. The van der Waals surface area contributed by atoms with Gasteiger partial charge in [0.25, 0.3) is 5.65 Å². The minimum Gasteiger partial charge on any atom is -0.496 e. The molecule has 33 heavy (non-hydrogen) atoms. The van der Waals surface area contributed by atoms with Crippen molar-refractivity contribution in [2.75, 3.05) is 13.5 Å². The molecule has 0 saturated heterocycles. The molecule has 2 aromatic heterocycles. The number of hydrogen-bond acceptors (Lipinski definition) is 2. The number of aromatic amines is 1. The molecule has 0 fully saturated rings. The van der Waals surface area contributed by atoms with E-state index in [4.69, 9.17) is 4.74 Å². The van der Waals surface area contributed by atoms with E-state index in [1.807, 2.05) is 13.0 Å². The zero-order valence-electron chi connectivity index (χ0n) is 19.4. The van der Waals surface area contributed by atoms with Crippen LogP contribution in [0.25, 0.3) is 11.0 Å². The van der Waals surface area contributed by atoms with Crippen LogP contribution in [0.3, 0.4) is 0 Å². The van der Waals surface area contributed by atoms with Crippen LogP contribution < -0.4 is 9.30 Å². The number of pyridine rings is 1. The number of aryl methyl sites for hydroxylation is 1. The molecule has 4 nitrogen and oxygen atoms in total. The highest BCUT2D eigenvalue weighted by Crippen LogP contribution is 2.45. The number of ether oxygens (including phenoxy) is 1. The highest BCUT2D eigenvalue weighted by atomic mass is 35.5. The summed E-state index contributed by atoms with van der Waals surface area (Å²) in [4.78, 5) is 3.05. The van der Waals surface area contributed by atoms with Crippen LogP contribution in [-0.2, 0) is 12.0 Å². The van der Waals surface area contributed by atoms with Gasteiger partial charge in [-0.15, -0.1) is 11.6 Å². The van der Waals surface area contributed by atoms with E-state index in [-0.39, 0.29) is 12.2 Å². The molecule has 2 heterocycles. The molecule has 0 spiro atoms. The molecule has 0 aliphatic carbocycles. The average Bonchev–Trinajstić information content (AvgIpc) is 3.15. The number of rotatable bonds is 7. The van der Waals surface area contributed by atoms with Gasteiger partial charge in [0.05, 0.1) is 24.4 Å². The van der Waals surface area contributed by atoms with E-state index >= 15 is 0 Å². The molecule has 182 valence electrons. The first-order valence-electron chi connectivity index (χ1n) is 10.4. The number of methoxy groups -OCH3 is 1. The minimum absolute atomic E-state index is 0.238. The molecule has 3 rings (SSSR count). The Labute approximate surface area is 196 Å². The maximum absolute atomic E-state index is 14.3. The molecule has 3 aromatic rings. The van der Waals surface area contributed by atoms with E-state index in [1.165, 1.54) is 42.5 Å². The normalized spacial score (nSPS) is 15.4. The number of fused-ring (bicyclic) bond motifs is 1. The van der Waals surface area contributed by atoms with Crippen molar-refractivity contribution in [3.8, 4) is 5.75 Å². The van der Waals surface area contributed by atoms with Gasteiger partial charge in [-0.3, -0.25) is 0 Å². The van der Waals surface area contributed by atoms with Crippen molar-refractivity contribution in [2.45, 2.75) is 57.3 Å². The maximum Gasteiger partial charge on any atom is 0.421 e. The number of aromatic nitrogens is 2. The van der Waals surface area contributed by atoms with Crippen molar-refractivity contribution in [3.63, 3.8) is 0 Å². The lowest BCUT2D eigenvalue weighted by Gasteiger charge is -2.39. The van der Waals surface area contributed by atoms with Crippen molar-refractivity contribution < 1.29 is 32.0 Å². The van der Waals surface area contributed by atoms with Gasteiger partial charge in [-0.25, -0.2) is 13.9 Å². The first-order valence-corrected chi connectivity index (χ1v) is 11.2. The third kappa shape index (κ3) is 5.61. The van der Waals surface area contributed by atoms with Crippen LogP contribution in [0.15, 0.2) is 42.6 Å². The quantitative estimate of drug-likeness (QED) is 0.250. The maximum atomic E-state index is 14.3. The summed E-state index contributed by atoms with van der Waals surface area (Å²) in [7, 11) is 1.38. The minimum atomic E-state index is -4.92. The smallest absolute Gasteiger partial charge is 0.421 e. The molecule has 0 bridgehead atoms. The van der Waals surface area contributed by atoms with Gasteiger partial charge in [0.2, 0.25) is 0 Å². The van der Waals surface area contributed by atoms with E-state index in [1.54, 1.807) is 26.0 Å². The summed E-state index contributed by atoms with van der Waals surface area (Å²) in [6.07, 6.45) is -2.37. The molecule has 0 radical (unpaired) electrons. The number of alkyl halides is 4. The van der Waals surface area contributed by atoms with Crippen LogP contribution in [0.4, 0.5) is 17.6 Å². The van der Waals surface area contributed by atoms with E-state index in [0.717, 1.165) is 11.1 Å². The van der Waals surface area contributed by atoms with Crippen molar-refractivity contribution in [1.29, 1.82) is 0 Å². The second-order valence-electron chi connectivity index (χ2n) is 8.36. The number of halogens is 5. The van der Waals surface area contributed by atoms with E-state index in [0.29, 0.717) is 11.2 Å². The summed E-state index contributed by atoms with van der Waals surface area (Å²) in [5, 5.41) is 11.8. The van der Waals surface area contributed by atoms with E-state index in [2.05, 4.69) is 16.6 Å². The predicted octanol–water partition coefficient (Wildman–Crippen LogP) is 5.82. The van der Waals surface area contributed by atoms with Gasteiger partial charge in [0, 0.05) is 11.9 Å². The molecule has 2 N–H and O–H groups in total. The van der Waals surface area contributed by atoms with Gasteiger partial charge in [-0.05, 0) is 61.6 Å². The Morgan fingerprint density at radius 2 is 1.82 bits per heavy atom. The SMILES string of the molecule is CCC(C)(CC(O)(C[n+]1cccc2cc(C)[nH]c21)C(F)(F)F)c1cc(F)ccc1OC.CCl. The van der Waals surface area contributed by atoms with Gasteiger partial charge in [0.1, 0.15) is 18.1 Å². The Hall–Kier alpha value is -2.32. The molecule has 0 aliphatic rings. The average molecular weight is 490 g/mol. The summed E-state index contributed by atoms with van der Waals surface area (Å²) in [5.74, 6) is -0.294. The first kappa shape index (κ1) is 26.9. The van der Waals surface area contributed by atoms with Crippen LogP contribution in [0, 0.1) is 12.7 Å². The van der Waals surface area contributed by atoms with Gasteiger partial charge in [-0.1, -0.05) is 13.8 Å². The van der Waals surface area contributed by atoms with Gasteiger partial charge in [-0.2, -0.15) is 13.2 Å². The third-order valence-corrected chi connectivity index (χ3v) is 6.02. The van der Waals surface area contributed by atoms with E-state index < -0.39 is 36.0 Å². The van der Waals surface area contributed by atoms with Crippen molar-refractivity contribution in [3.05, 3.63) is 59.7 Å². The number of nitrogens with zero attached hydrogens (tertiary/aromatic N) is 1. The summed E-state index contributed by atoms with van der Waals surface area (Å²) >= 11 is 4.64. The van der Waals surface area contributed by atoms with Crippen LogP contribution in [-0.4, -0.2) is 35.4 Å². The molecule has 0 amide bonds. The molecular formula is C24H30ClF4N2O2+. The van der Waals surface area contributed by atoms with Crippen molar-refractivity contribution in [1.82, 2.24) is 4.98 Å². The van der Waals surface area contributed by atoms with E-state index in [9.17, 15) is 22.7 Å². The van der Waals surface area contributed by atoms with Crippen LogP contribution in [0.1, 0.15) is 37.9 Å². The summed E-state index contributed by atoms with van der Waals surface area (Å²) in [5.41, 5.74) is -2.68. The summed E-state index contributed by atoms with van der Waals surface area (Å²) in [6.45, 7) is 4.40. The molecule has 0 aliphatic heterocycles. The van der Waals surface area contributed by atoms with Crippen LogP contribution >= 0.6 is 11.6 Å². The zero-order valence-corrected chi connectivity index (χ0v) is 20.1. The molecule has 9 heteroatoms. The third-order valence-electron chi connectivity index (χ3n) is 6.02. The van der Waals surface area contributed by atoms with Gasteiger partial charge >= 0.3 is 6.18 Å².